The molecular weight excluding hydrogens is 440 g/mol. The van der Waals surface area contributed by atoms with Gasteiger partial charge in [-0.3, -0.25) is 14.3 Å². The highest BCUT2D eigenvalue weighted by molar-refractivity contribution is 5.89. The van der Waals surface area contributed by atoms with Gasteiger partial charge < -0.3 is 25.0 Å². The Morgan fingerprint density at radius 1 is 1.06 bits per heavy atom. The fraction of sp³-hybridized carbons (Fsp3) is 0.348. The summed E-state index contributed by atoms with van der Waals surface area (Å²) in [4.78, 5) is 34.1. The van der Waals surface area contributed by atoms with E-state index in [1.807, 2.05) is 16.7 Å². The molecule has 2 heterocycles. The number of aromatic nitrogens is 4. The third-order valence-electron chi connectivity index (χ3n) is 5.20. The zero-order valence-electron chi connectivity index (χ0n) is 19.2. The Morgan fingerprint density at radius 2 is 1.82 bits per heavy atom. The van der Waals surface area contributed by atoms with E-state index in [-0.39, 0.29) is 25.0 Å². The number of hydrogen-bond donors (Lipinski definition) is 3. The third kappa shape index (κ3) is 6.92. The van der Waals surface area contributed by atoms with Crippen LogP contribution in [0.25, 0.3) is 0 Å². The van der Waals surface area contributed by atoms with Crippen LogP contribution in [0.1, 0.15) is 40.7 Å². The monoisotopic (exact) mass is 468 g/mol. The fourth-order valence-corrected chi connectivity index (χ4v) is 3.17. The van der Waals surface area contributed by atoms with Gasteiger partial charge in [0.2, 0.25) is 11.8 Å². The number of carboxylic acids is 1. The number of ether oxygens (including phenoxy) is 1. The number of hydrogen-bond acceptors (Lipinski definition) is 6. The van der Waals surface area contributed by atoms with E-state index in [1.165, 1.54) is 0 Å². The topological polar surface area (TPSA) is 140 Å². The van der Waals surface area contributed by atoms with Crippen molar-refractivity contribution in [2.75, 3.05) is 6.54 Å². The zero-order chi connectivity index (χ0) is 24.5. The molecule has 2 amide bonds. The Kier molecular flexibility index (Phi) is 8.38. The van der Waals surface area contributed by atoms with E-state index >= 15 is 0 Å². The number of amides is 2. The number of benzene rings is 1. The van der Waals surface area contributed by atoms with Crippen molar-refractivity contribution in [3.63, 3.8) is 0 Å². The predicted molar refractivity (Wildman–Crippen MR) is 122 cm³/mol. The lowest BCUT2D eigenvalue weighted by Crippen LogP contribution is -2.36. The molecule has 0 saturated carbocycles. The molecule has 2 aromatic heterocycles. The number of carbonyl (C=O) groups is 3. The van der Waals surface area contributed by atoms with E-state index in [0.717, 1.165) is 5.56 Å². The SMILES string of the molecule is CCC(=O)NCC(=O)NCc1ccc(OCc2cn(CCn3ccc(C(=O)O)c3C)nn2)cc1. The Balaban J connectivity index is 1.41. The molecule has 180 valence electrons. The summed E-state index contributed by atoms with van der Waals surface area (Å²) < 4.78 is 9.31. The standard InChI is InChI=1S/C23H28N6O5/c1-3-21(30)25-13-22(31)24-12-17-4-6-19(7-5-17)34-15-18-14-29(27-26-18)11-10-28-9-8-20(16(28)2)23(32)33/h4-9,14H,3,10-13,15H2,1-2H3,(H,24,31)(H,25,30)(H,32,33). The molecule has 1 aromatic carbocycles. The Labute approximate surface area is 196 Å². The molecule has 3 aromatic rings. The normalized spacial score (nSPS) is 10.6. The predicted octanol–water partition coefficient (Wildman–Crippen LogP) is 1.51. The van der Waals surface area contributed by atoms with Gasteiger partial charge in [0, 0.05) is 31.4 Å². The smallest absolute Gasteiger partial charge is 0.337 e. The lowest BCUT2D eigenvalue weighted by atomic mass is 10.2. The summed E-state index contributed by atoms with van der Waals surface area (Å²) >= 11 is 0. The quantitative estimate of drug-likeness (QED) is 0.366. The number of aromatic carboxylic acids is 1. The second-order valence-electron chi connectivity index (χ2n) is 7.63. The molecule has 0 spiro atoms. The molecule has 0 aliphatic carbocycles. The number of rotatable bonds is 12. The molecule has 34 heavy (non-hydrogen) atoms. The highest BCUT2D eigenvalue weighted by Crippen LogP contribution is 2.14. The van der Waals surface area contributed by atoms with Crippen LogP contribution in [-0.4, -0.2) is 49.0 Å². The molecule has 0 fully saturated rings. The first-order valence-electron chi connectivity index (χ1n) is 10.9. The Hall–Kier alpha value is -4.15. The van der Waals surface area contributed by atoms with E-state index < -0.39 is 5.97 Å². The average Bonchev–Trinajstić information content (AvgIpc) is 3.45. The van der Waals surface area contributed by atoms with E-state index in [2.05, 4.69) is 20.9 Å². The summed E-state index contributed by atoms with van der Waals surface area (Å²) in [5, 5.41) is 22.6. The molecular formula is C23H28N6O5. The van der Waals surface area contributed by atoms with Gasteiger partial charge in [0.25, 0.3) is 0 Å². The van der Waals surface area contributed by atoms with Gasteiger partial charge in [-0.2, -0.15) is 0 Å². The van der Waals surface area contributed by atoms with Gasteiger partial charge >= 0.3 is 5.97 Å². The number of aryl methyl sites for hydroxylation is 2. The largest absolute Gasteiger partial charge is 0.487 e. The fourth-order valence-electron chi connectivity index (χ4n) is 3.17. The van der Waals surface area contributed by atoms with Gasteiger partial charge in [-0.1, -0.05) is 24.3 Å². The lowest BCUT2D eigenvalue weighted by molar-refractivity contribution is -0.126. The summed E-state index contributed by atoms with van der Waals surface area (Å²) in [6.07, 6.45) is 3.88. The first-order valence-corrected chi connectivity index (χ1v) is 10.9. The van der Waals surface area contributed by atoms with E-state index in [1.54, 1.807) is 49.1 Å². The molecule has 11 heteroatoms. The van der Waals surface area contributed by atoms with Crippen molar-refractivity contribution in [3.8, 4) is 5.75 Å². The van der Waals surface area contributed by atoms with Crippen molar-refractivity contribution in [3.05, 3.63) is 65.2 Å². The van der Waals surface area contributed by atoms with Crippen LogP contribution >= 0.6 is 0 Å². The minimum atomic E-state index is -0.938. The van der Waals surface area contributed by atoms with Crippen molar-refractivity contribution in [1.29, 1.82) is 0 Å². The summed E-state index contributed by atoms with van der Waals surface area (Å²) in [7, 11) is 0. The summed E-state index contributed by atoms with van der Waals surface area (Å²) in [6.45, 7) is 5.18. The molecule has 11 nitrogen and oxygen atoms in total. The van der Waals surface area contributed by atoms with Crippen molar-refractivity contribution in [2.24, 2.45) is 0 Å². The average molecular weight is 469 g/mol. The van der Waals surface area contributed by atoms with Gasteiger partial charge in [-0.15, -0.1) is 5.10 Å². The van der Waals surface area contributed by atoms with Crippen molar-refractivity contribution in [2.45, 2.75) is 46.5 Å². The molecule has 0 aliphatic rings. The summed E-state index contributed by atoms with van der Waals surface area (Å²) in [5.74, 6) is -0.697. The molecule has 0 radical (unpaired) electrons. The van der Waals surface area contributed by atoms with Gasteiger partial charge in [-0.05, 0) is 30.7 Å². The number of carbonyl (C=O) groups excluding carboxylic acids is 2. The molecule has 3 rings (SSSR count). The third-order valence-corrected chi connectivity index (χ3v) is 5.20. The number of carboxylic acid groups (broad SMARTS) is 1. The minimum absolute atomic E-state index is 0.0387. The highest BCUT2D eigenvalue weighted by atomic mass is 16.5. The summed E-state index contributed by atoms with van der Waals surface area (Å²) in [6, 6.07) is 8.90. The van der Waals surface area contributed by atoms with Gasteiger partial charge in [0.1, 0.15) is 18.1 Å². The first kappa shape index (κ1) is 24.5. The van der Waals surface area contributed by atoms with Gasteiger partial charge in [-0.25, -0.2) is 4.79 Å². The second kappa shape index (κ2) is 11.6. The van der Waals surface area contributed by atoms with Crippen LogP contribution in [0.5, 0.6) is 5.75 Å². The maximum Gasteiger partial charge on any atom is 0.337 e. The van der Waals surface area contributed by atoms with Gasteiger partial charge in [0.05, 0.1) is 24.8 Å². The zero-order valence-corrected chi connectivity index (χ0v) is 19.2. The maximum atomic E-state index is 11.7. The minimum Gasteiger partial charge on any atom is -0.487 e. The van der Waals surface area contributed by atoms with Crippen LogP contribution in [0.4, 0.5) is 0 Å². The number of nitrogens with zero attached hydrogens (tertiary/aromatic N) is 4. The molecule has 0 bridgehead atoms. The first-order chi connectivity index (χ1) is 16.4. The lowest BCUT2D eigenvalue weighted by Gasteiger charge is -2.08. The Morgan fingerprint density at radius 3 is 2.50 bits per heavy atom. The Bertz CT molecular complexity index is 1140. The van der Waals surface area contributed by atoms with Crippen molar-refractivity contribution < 1.29 is 24.2 Å². The second-order valence-corrected chi connectivity index (χ2v) is 7.63. The van der Waals surface area contributed by atoms with E-state index in [4.69, 9.17) is 9.84 Å². The van der Waals surface area contributed by atoms with Crippen LogP contribution < -0.4 is 15.4 Å². The van der Waals surface area contributed by atoms with E-state index in [0.29, 0.717) is 48.8 Å². The molecule has 3 N–H and O–H groups in total. The van der Waals surface area contributed by atoms with Crippen LogP contribution in [0.15, 0.2) is 42.7 Å². The highest BCUT2D eigenvalue weighted by Gasteiger charge is 2.11. The molecule has 0 aliphatic heterocycles. The molecule has 0 unspecified atom stereocenters. The van der Waals surface area contributed by atoms with Crippen LogP contribution in [0.3, 0.4) is 0 Å². The van der Waals surface area contributed by atoms with Crippen molar-refractivity contribution in [1.82, 2.24) is 30.2 Å². The summed E-state index contributed by atoms with van der Waals surface area (Å²) in [5.41, 5.74) is 2.56. The maximum absolute atomic E-state index is 11.7. The van der Waals surface area contributed by atoms with Crippen LogP contribution in [0, 0.1) is 6.92 Å². The van der Waals surface area contributed by atoms with E-state index in [9.17, 15) is 14.4 Å². The van der Waals surface area contributed by atoms with Gasteiger partial charge in [0.15, 0.2) is 0 Å². The van der Waals surface area contributed by atoms with Crippen molar-refractivity contribution >= 4 is 17.8 Å². The van der Waals surface area contributed by atoms with Crippen LogP contribution in [0.2, 0.25) is 0 Å². The molecule has 0 saturated heterocycles. The van der Waals surface area contributed by atoms with Crippen LogP contribution in [-0.2, 0) is 35.8 Å². The number of nitrogens with one attached hydrogen (secondary N) is 2. The molecule has 0 atom stereocenters.